The van der Waals surface area contributed by atoms with Gasteiger partial charge in [0.1, 0.15) is 5.75 Å². The van der Waals surface area contributed by atoms with E-state index in [1.54, 1.807) is 31.4 Å². The molecule has 2 aromatic carbocycles. The van der Waals surface area contributed by atoms with Gasteiger partial charge in [0.15, 0.2) is 5.78 Å². The van der Waals surface area contributed by atoms with Gasteiger partial charge >= 0.3 is 0 Å². The number of anilines is 2. The highest BCUT2D eigenvalue weighted by Gasteiger charge is 2.14. The van der Waals surface area contributed by atoms with Crippen molar-refractivity contribution in [3.05, 3.63) is 54.1 Å². The first-order valence-corrected chi connectivity index (χ1v) is 10.1. The Labute approximate surface area is 172 Å². The molecule has 0 unspecified atom stereocenters. The van der Waals surface area contributed by atoms with E-state index in [4.69, 9.17) is 4.74 Å². The Kier molecular flexibility index (Phi) is 7.25. The van der Waals surface area contributed by atoms with Gasteiger partial charge in [-0.2, -0.15) is 0 Å². The van der Waals surface area contributed by atoms with Crippen LogP contribution < -0.4 is 15.0 Å². The van der Waals surface area contributed by atoms with Crippen molar-refractivity contribution in [1.29, 1.82) is 0 Å². The first-order valence-electron chi connectivity index (χ1n) is 10.1. The van der Waals surface area contributed by atoms with Gasteiger partial charge in [-0.05, 0) is 62.0 Å². The van der Waals surface area contributed by atoms with Gasteiger partial charge in [-0.25, -0.2) is 0 Å². The first-order chi connectivity index (χ1) is 14.0. The van der Waals surface area contributed by atoms with E-state index in [2.05, 4.69) is 22.2 Å². The molecule has 1 N–H and O–H groups in total. The lowest BCUT2D eigenvalue weighted by molar-refractivity contribution is -0.116. The van der Waals surface area contributed by atoms with Crippen LogP contribution in [0, 0.1) is 0 Å². The van der Waals surface area contributed by atoms with Crippen LogP contribution in [-0.2, 0) is 4.79 Å². The van der Waals surface area contributed by atoms with Crippen LogP contribution in [0.25, 0.3) is 0 Å². The Hall–Kier alpha value is -2.86. The Morgan fingerprint density at radius 1 is 0.931 bits per heavy atom. The van der Waals surface area contributed by atoms with E-state index in [0.717, 1.165) is 37.6 Å². The lowest BCUT2D eigenvalue weighted by atomic mass is 10.1. The van der Waals surface area contributed by atoms with E-state index in [1.807, 2.05) is 24.3 Å². The minimum Gasteiger partial charge on any atom is -0.497 e. The molecule has 0 bridgehead atoms. The molecule has 2 aromatic rings. The zero-order valence-corrected chi connectivity index (χ0v) is 17.2. The normalized spacial score (nSPS) is 14.5. The molecule has 0 saturated carbocycles. The number of methoxy groups -OCH3 is 1. The van der Waals surface area contributed by atoms with Gasteiger partial charge < -0.3 is 19.9 Å². The Balaban J connectivity index is 1.41. The number of carbonyl (C=O) groups is 2. The average Bonchev–Trinajstić information content (AvgIpc) is 2.75. The summed E-state index contributed by atoms with van der Waals surface area (Å²) >= 11 is 0. The molecule has 1 amide bonds. The van der Waals surface area contributed by atoms with Crippen molar-refractivity contribution in [2.45, 2.75) is 19.3 Å². The second-order valence-electron chi connectivity index (χ2n) is 7.39. The number of ether oxygens (including phenoxy) is 1. The summed E-state index contributed by atoms with van der Waals surface area (Å²) in [5.41, 5.74) is 2.61. The molecule has 0 atom stereocenters. The van der Waals surface area contributed by atoms with E-state index in [0.29, 0.717) is 24.8 Å². The van der Waals surface area contributed by atoms with Crippen LogP contribution in [0.15, 0.2) is 48.5 Å². The second kappa shape index (κ2) is 10.1. The summed E-state index contributed by atoms with van der Waals surface area (Å²) in [6.07, 6.45) is 1.19. The summed E-state index contributed by atoms with van der Waals surface area (Å²) in [4.78, 5) is 29.1. The molecule has 154 valence electrons. The number of ketones is 1. The fourth-order valence-corrected chi connectivity index (χ4v) is 3.37. The first kappa shape index (κ1) is 20.9. The predicted molar refractivity (Wildman–Crippen MR) is 116 cm³/mol. The van der Waals surface area contributed by atoms with Crippen molar-refractivity contribution in [1.82, 2.24) is 4.90 Å². The van der Waals surface area contributed by atoms with Crippen molar-refractivity contribution in [2.24, 2.45) is 0 Å². The predicted octanol–water partition coefficient (Wildman–Crippen LogP) is 3.44. The number of amides is 1. The van der Waals surface area contributed by atoms with Gasteiger partial charge in [0.25, 0.3) is 0 Å². The number of hydrogen-bond donors (Lipinski definition) is 1. The van der Waals surface area contributed by atoms with Crippen molar-refractivity contribution < 1.29 is 14.3 Å². The quantitative estimate of drug-likeness (QED) is 0.694. The van der Waals surface area contributed by atoms with Gasteiger partial charge in [-0.1, -0.05) is 0 Å². The molecule has 0 aromatic heterocycles. The molecular formula is C23H29N3O3. The van der Waals surface area contributed by atoms with E-state index in [1.165, 1.54) is 5.69 Å². The molecule has 1 heterocycles. The number of rotatable bonds is 8. The Morgan fingerprint density at radius 3 is 2.21 bits per heavy atom. The molecule has 0 spiro atoms. The second-order valence-corrected chi connectivity index (χ2v) is 7.39. The molecule has 6 heteroatoms. The number of nitrogens with one attached hydrogen (secondary N) is 1. The van der Waals surface area contributed by atoms with Gasteiger partial charge in [0, 0.05) is 56.0 Å². The smallest absolute Gasteiger partial charge is 0.224 e. The van der Waals surface area contributed by atoms with E-state index in [-0.39, 0.29) is 11.7 Å². The molecule has 3 rings (SSSR count). The number of piperazine rings is 1. The molecule has 1 fully saturated rings. The van der Waals surface area contributed by atoms with Crippen LogP contribution in [0.5, 0.6) is 5.75 Å². The van der Waals surface area contributed by atoms with Crippen LogP contribution in [0.4, 0.5) is 11.4 Å². The van der Waals surface area contributed by atoms with Gasteiger partial charge in [-0.15, -0.1) is 0 Å². The van der Waals surface area contributed by atoms with Crippen molar-refractivity contribution >= 4 is 23.1 Å². The van der Waals surface area contributed by atoms with Crippen LogP contribution in [-0.4, -0.2) is 56.9 Å². The number of likely N-dealkylation sites (N-methyl/N-ethyl adjacent to an activating group) is 1. The number of nitrogens with zero attached hydrogens (tertiary/aromatic N) is 2. The molecule has 6 nitrogen and oxygen atoms in total. The third-order valence-corrected chi connectivity index (χ3v) is 5.24. The summed E-state index contributed by atoms with van der Waals surface area (Å²) in [7, 11) is 3.73. The van der Waals surface area contributed by atoms with Crippen molar-refractivity contribution in [3.8, 4) is 5.75 Å². The lowest BCUT2D eigenvalue weighted by Crippen LogP contribution is -2.44. The lowest BCUT2D eigenvalue weighted by Gasteiger charge is -2.34. The SMILES string of the molecule is COc1ccc(C(=O)CCCC(=O)Nc2ccc(N3CCN(C)CC3)cc2)cc1. The molecule has 0 radical (unpaired) electrons. The third-order valence-electron chi connectivity index (χ3n) is 5.24. The maximum atomic E-state index is 12.2. The minimum atomic E-state index is -0.0696. The van der Waals surface area contributed by atoms with E-state index >= 15 is 0 Å². The van der Waals surface area contributed by atoms with Gasteiger partial charge in [-0.3, -0.25) is 9.59 Å². The molecule has 1 aliphatic rings. The Morgan fingerprint density at radius 2 is 1.59 bits per heavy atom. The fraction of sp³-hybridized carbons (Fsp3) is 0.391. The largest absolute Gasteiger partial charge is 0.497 e. The maximum Gasteiger partial charge on any atom is 0.224 e. The minimum absolute atomic E-state index is 0.0389. The average molecular weight is 396 g/mol. The molecule has 29 heavy (non-hydrogen) atoms. The number of benzene rings is 2. The highest BCUT2D eigenvalue weighted by Crippen LogP contribution is 2.20. The fourth-order valence-electron chi connectivity index (χ4n) is 3.37. The number of Topliss-reactive ketones (excluding diaryl/α,β-unsaturated/α-hetero) is 1. The summed E-state index contributed by atoms with van der Waals surface area (Å²) < 4.78 is 5.10. The summed E-state index contributed by atoms with van der Waals surface area (Å²) in [6.45, 7) is 4.16. The number of carbonyl (C=O) groups excluding carboxylic acids is 2. The monoisotopic (exact) mass is 395 g/mol. The van der Waals surface area contributed by atoms with Crippen LogP contribution >= 0.6 is 0 Å². The van der Waals surface area contributed by atoms with Gasteiger partial charge in [0.2, 0.25) is 5.91 Å². The zero-order chi connectivity index (χ0) is 20.6. The van der Waals surface area contributed by atoms with Crippen LogP contribution in [0.2, 0.25) is 0 Å². The molecule has 1 aliphatic heterocycles. The van der Waals surface area contributed by atoms with E-state index < -0.39 is 0 Å². The van der Waals surface area contributed by atoms with Gasteiger partial charge in [0.05, 0.1) is 7.11 Å². The van der Waals surface area contributed by atoms with E-state index in [9.17, 15) is 9.59 Å². The standard InChI is InChI=1S/C23H29N3O3/c1-25-14-16-26(17-15-25)20-10-8-19(9-11-20)24-23(28)5-3-4-22(27)18-6-12-21(29-2)13-7-18/h6-13H,3-5,14-17H2,1-2H3,(H,24,28). The maximum absolute atomic E-state index is 12.2. The third kappa shape index (κ3) is 6.06. The zero-order valence-electron chi connectivity index (χ0n) is 17.2. The summed E-state index contributed by atoms with van der Waals surface area (Å²) in [6, 6.07) is 15.0. The Bertz CT molecular complexity index is 810. The molecule has 0 aliphatic carbocycles. The van der Waals surface area contributed by atoms with Crippen molar-refractivity contribution in [3.63, 3.8) is 0 Å². The molecular weight excluding hydrogens is 366 g/mol. The topological polar surface area (TPSA) is 61.9 Å². The van der Waals surface area contributed by atoms with Crippen LogP contribution in [0.1, 0.15) is 29.6 Å². The summed E-state index contributed by atoms with van der Waals surface area (Å²) in [5.74, 6) is 0.691. The highest BCUT2D eigenvalue weighted by atomic mass is 16.5. The molecule has 1 saturated heterocycles. The number of hydrogen-bond acceptors (Lipinski definition) is 5. The summed E-state index contributed by atoms with van der Waals surface area (Å²) in [5, 5.41) is 2.91. The van der Waals surface area contributed by atoms with Crippen molar-refractivity contribution in [2.75, 3.05) is 50.6 Å². The van der Waals surface area contributed by atoms with Crippen LogP contribution in [0.3, 0.4) is 0 Å². The highest BCUT2D eigenvalue weighted by molar-refractivity contribution is 5.97.